The summed E-state index contributed by atoms with van der Waals surface area (Å²) in [6.45, 7) is 2.65. The van der Waals surface area contributed by atoms with Crippen LogP contribution in [0.25, 0.3) is 0 Å². The lowest BCUT2D eigenvalue weighted by Gasteiger charge is -2.40. The number of fused-ring (bicyclic) bond motifs is 1. The molecule has 0 unspecified atom stereocenters. The Hall–Kier alpha value is -3.64. The lowest BCUT2D eigenvalue weighted by atomic mass is 9.86. The molecule has 2 atom stereocenters. The Labute approximate surface area is 199 Å². The second-order valence-corrected chi connectivity index (χ2v) is 8.83. The molecular formula is C28H28N2O4. The van der Waals surface area contributed by atoms with Crippen molar-refractivity contribution in [2.45, 2.75) is 31.8 Å². The number of amides is 2. The summed E-state index contributed by atoms with van der Waals surface area (Å²) >= 11 is 0. The average Bonchev–Trinajstić information content (AvgIpc) is 3.16. The van der Waals surface area contributed by atoms with Crippen molar-refractivity contribution in [3.05, 3.63) is 89.0 Å². The van der Waals surface area contributed by atoms with Crippen LogP contribution in [-0.2, 0) is 16.0 Å². The molecule has 0 radical (unpaired) electrons. The van der Waals surface area contributed by atoms with Gasteiger partial charge < -0.3 is 9.47 Å². The van der Waals surface area contributed by atoms with Gasteiger partial charge in [0.25, 0.3) is 5.91 Å². The number of rotatable bonds is 5. The van der Waals surface area contributed by atoms with Crippen molar-refractivity contribution in [3.63, 3.8) is 0 Å². The molecule has 0 aliphatic carbocycles. The van der Waals surface area contributed by atoms with Crippen LogP contribution in [0.1, 0.15) is 34.7 Å². The van der Waals surface area contributed by atoms with Crippen LogP contribution in [0.5, 0.6) is 11.5 Å². The molecule has 0 aromatic heterocycles. The summed E-state index contributed by atoms with van der Waals surface area (Å²) < 4.78 is 11.1. The first kappa shape index (κ1) is 22.2. The van der Waals surface area contributed by atoms with Crippen LogP contribution in [0.4, 0.5) is 5.69 Å². The number of aryl methyl sites for hydroxylation is 1. The first-order valence-electron chi connectivity index (χ1n) is 11.5. The van der Waals surface area contributed by atoms with E-state index in [1.165, 1.54) is 4.90 Å². The predicted octanol–water partition coefficient (Wildman–Crippen LogP) is 4.29. The molecule has 6 heteroatoms. The SMILES string of the molecule is COc1cc2c(cc1OC)[C@H](c1ccccc1)N([C@H]1CC(=O)N(c3ccc(C)cc3)C1=O)CC2. The van der Waals surface area contributed by atoms with E-state index in [1.807, 2.05) is 61.5 Å². The summed E-state index contributed by atoms with van der Waals surface area (Å²) in [6.07, 6.45) is 0.917. The van der Waals surface area contributed by atoms with Gasteiger partial charge in [0, 0.05) is 6.54 Å². The van der Waals surface area contributed by atoms with Crippen LogP contribution in [0.2, 0.25) is 0 Å². The van der Waals surface area contributed by atoms with Gasteiger partial charge in [0.1, 0.15) is 0 Å². The highest BCUT2D eigenvalue weighted by atomic mass is 16.5. The van der Waals surface area contributed by atoms with Crippen molar-refractivity contribution in [1.29, 1.82) is 0 Å². The first-order chi connectivity index (χ1) is 16.5. The highest BCUT2D eigenvalue weighted by molar-refractivity contribution is 6.22. The Bertz CT molecular complexity index is 1220. The minimum atomic E-state index is -0.528. The monoisotopic (exact) mass is 456 g/mol. The van der Waals surface area contributed by atoms with E-state index in [-0.39, 0.29) is 24.3 Å². The quantitative estimate of drug-likeness (QED) is 0.536. The third kappa shape index (κ3) is 3.74. The molecule has 1 saturated heterocycles. The van der Waals surface area contributed by atoms with E-state index in [9.17, 15) is 9.59 Å². The van der Waals surface area contributed by atoms with E-state index in [0.29, 0.717) is 23.7 Å². The molecule has 2 amide bonds. The van der Waals surface area contributed by atoms with Gasteiger partial charge in [0.2, 0.25) is 5.91 Å². The average molecular weight is 457 g/mol. The van der Waals surface area contributed by atoms with Crippen molar-refractivity contribution in [3.8, 4) is 11.5 Å². The molecule has 5 rings (SSSR count). The molecule has 0 bridgehead atoms. The fourth-order valence-electron chi connectivity index (χ4n) is 5.15. The van der Waals surface area contributed by atoms with Crippen molar-refractivity contribution >= 4 is 17.5 Å². The molecule has 6 nitrogen and oxygen atoms in total. The van der Waals surface area contributed by atoms with Gasteiger partial charge in [-0.1, -0.05) is 48.0 Å². The van der Waals surface area contributed by atoms with Gasteiger partial charge in [0.05, 0.1) is 38.4 Å². The Kier molecular flexibility index (Phi) is 5.84. The summed E-state index contributed by atoms with van der Waals surface area (Å²) in [5, 5.41) is 0. The van der Waals surface area contributed by atoms with E-state index in [1.54, 1.807) is 14.2 Å². The van der Waals surface area contributed by atoms with Gasteiger partial charge >= 0.3 is 0 Å². The number of methoxy groups -OCH3 is 2. The van der Waals surface area contributed by atoms with E-state index in [0.717, 1.165) is 28.7 Å². The largest absolute Gasteiger partial charge is 0.493 e. The zero-order valence-corrected chi connectivity index (χ0v) is 19.7. The lowest BCUT2D eigenvalue weighted by Crippen LogP contribution is -2.47. The van der Waals surface area contributed by atoms with Crippen molar-refractivity contribution in [2.24, 2.45) is 0 Å². The molecule has 0 N–H and O–H groups in total. The second-order valence-electron chi connectivity index (χ2n) is 8.83. The van der Waals surface area contributed by atoms with Crippen LogP contribution in [-0.4, -0.2) is 43.5 Å². The maximum absolute atomic E-state index is 13.6. The number of hydrogen-bond donors (Lipinski definition) is 0. The van der Waals surface area contributed by atoms with Crippen LogP contribution in [0.15, 0.2) is 66.7 Å². The standard InChI is InChI=1S/C28H28N2O4/c1-18-9-11-21(12-10-18)30-26(31)17-23(28(30)32)29-14-13-20-15-24(33-2)25(34-3)16-22(20)27(29)19-7-5-4-6-8-19/h4-12,15-16,23,27H,13-14,17H2,1-3H3/t23-,27-/m0/s1. The van der Waals surface area contributed by atoms with Crippen molar-refractivity contribution < 1.29 is 19.1 Å². The number of benzene rings is 3. The van der Waals surface area contributed by atoms with Gasteiger partial charge in [-0.3, -0.25) is 14.5 Å². The van der Waals surface area contributed by atoms with Crippen LogP contribution in [0.3, 0.4) is 0 Å². The Morgan fingerprint density at radius 3 is 2.24 bits per heavy atom. The van der Waals surface area contributed by atoms with Crippen LogP contribution >= 0.6 is 0 Å². The maximum Gasteiger partial charge on any atom is 0.251 e. The normalized spacial score (nSPS) is 20.4. The predicted molar refractivity (Wildman–Crippen MR) is 130 cm³/mol. The van der Waals surface area contributed by atoms with Crippen LogP contribution in [0, 0.1) is 6.92 Å². The summed E-state index contributed by atoms with van der Waals surface area (Å²) in [5.41, 5.74) is 5.02. The Morgan fingerprint density at radius 2 is 1.56 bits per heavy atom. The van der Waals surface area contributed by atoms with Crippen molar-refractivity contribution in [2.75, 3.05) is 25.7 Å². The van der Waals surface area contributed by atoms with E-state index >= 15 is 0 Å². The molecule has 34 heavy (non-hydrogen) atoms. The third-order valence-corrected chi connectivity index (χ3v) is 6.84. The summed E-state index contributed by atoms with van der Waals surface area (Å²) in [5.74, 6) is 1.01. The number of ether oxygens (including phenoxy) is 2. The zero-order chi connectivity index (χ0) is 23.8. The smallest absolute Gasteiger partial charge is 0.251 e. The highest BCUT2D eigenvalue weighted by Crippen LogP contribution is 2.43. The van der Waals surface area contributed by atoms with Crippen LogP contribution < -0.4 is 14.4 Å². The molecule has 3 aromatic rings. The lowest BCUT2D eigenvalue weighted by molar-refractivity contribution is -0.123. The van der Waals surface area contributed by atoms with Gasteiger partial charge in [-0.25, -0.2) is 4.90 Å². The number of imide groups is 1. The molecule has 2 aliphatic heterocycles. The van der Waals surface area contributed by atoms with Crippen molar-refractivity contribution in [1.82, 2.24) is 4.90 Å². The molecule has 1 fully saturated rings. The third-order valence-electron chi connectivity index (χ3n) is 6.84. The Morgan fingerprint density at radius 1 is 0.882 bits per heavy atom. The van der Waals surface area contributed by atoms with Gasteiger partial charge in [0.15, 0.2) is 11.5 Å². The van der Waals surface area contributed by atoms with E-state index in [2.05, 4.69) is 17.0 Å². The highest BCUT2D eigenvalue weighted by Gasteiger charge is 2.46. The molecule has 0 spiro atoms. The van der Waals surface area contributed by atoms with Gasteiger partial charge in [-0.05, 0) is 54.3 Å². The second kappa shape index (κ2) is 8.95. The maximum atomic E-state index is 13.6. The summed E-state index contributed by atoms with van der Waals surface area (Å²) in [4.78, 5) is 30.2. The number of anilines is 1. The fraction of sp³-hybridized carbons (Fsp3) is 0.286. The molecule has 2 heterocycles. The molecule has 174 valence electrons. The molecule has 0 saturated carbocycles. The molecule has 2 aliphatic rings. The van der Waals surface area contributed by atoms with E-state index < -0.39 is 6.04 Å². The number of carbonyl (C=O) groups is 2. The molecule has 3 aromatic carbocycles. The first-order valence-corrected chi connectivity index (χ1v) is 11.5. The van der Waals surface area contributed by atoms with Gasteiger partial charge in [-0.2, -0.15) is 0 Å². The number of carbonyl (C=O) groups excluding carboxylic acids is 2. The number of nitrogens with zero attached hydrogens (tertiary/aromatic N) is 2. The molecular weight excluding hydrogens is 428 g/mol. The zero-order valence-electron chi connectivity index (χ0n) is 19.7. The topological polar surface area (TPSA) is 59.1 Å². The Balaban J connectivity index is 1.57. The summed E-state index contributed by atoms with van der Waals surface area (Å²) in [6, 6.07) is 21.0. The number of hydrogen-bond acceptors (Lipinski definition) is 5. The van der Waals surface area contributed by atoms with E-state index in [4.69, 9.17) is 9.47 Å². The summed E-state index contributed by atoms with van der Waals surface area (Å²) in [7, 11) is 3.26. The minimum absolute atomic E-state index is 0.163. The fourth-order valence-corrected chi connectivity index (χ4v) is 5.15. The minimum Gasteiger partial charge on any atom is -0.493 e. The van der Waals surface area contributed by atoms with Gasteiger partial charge in [-0.15, -0.1) is 0 Å².